The second kappa shape index (κ2) is 9.72. The van der Waals surface area contributed by atoms with Crippen LogP contribution in [0.15, 0.2) is 22.8 Å². The van der Waals surface area contributed by atoms with Crippen LogP contribution in [0.3, 0.4) is 0 Å². The minimum Gasteiger partial charge on any atom is -0.478 e. The number of carboxylic acids is 1. The Morgan fingerprint density at radius 1 is 1.11 bits per heavy atom. The maximum atomic E-state index is 14.3. The second-order valence-corrected chi connectivity index (χ2v) is 13.3. The van der Waals surface area contributed by atoms with Gasteiger partial charge >= 0.3 is 11.9 Å². The Morgan fingerprint density at radius 3 is 2.34 bits per heavy atom. The van der Waals surface area contributed by atoms with E-state index in [2.05, 4.69) is 6.92 Å². The molecular weight excluding hydrogens is 484 g/mol. The monoisotopic (exact) mass is 528 g/mol. The number of ketones is 2. The van der Waals surface area contributed by atoms with Gasteiger partial charge in [-0.3, -0.25) is 14.4 Å². The number of carbonyl (C=O) groups is 4. The normalized spacial score (nSPS) is 43.5. The Kier molecular flexibility index (Phi) is 7.35. The lowest BCUT2D eigenvalue weighted by molar-refractivity contribution is -0.213. The van der Waals surface area contributed by atoms with Gasteiger partial charge in [0.05, 0.1) is 0 Å². The second-order valence-electron chi connectivity index (χ2n) is 13.3. The van der Waals surface area contributed by atoms with Gasteiger partial charge in [0.2, 0.25) is 0 Å². The maximum absolute atomic E-state index is 14.3. The summed E-state index contributed by atoms with van der Waals surface area (Å²) in [5.74, 6) is -2.77. The van der Waals surface area contributed by atoms with Crippen molar-refractivity contribution in [3.8, 4) is 0 Å². The summed E-state index contributed by atoms with van der Waals surface area (Å²) in [4.78, 5) is 51.7. The van der Waals surface area contributed by atoms with Gasteiger partial charge < -0.3 is 14.9 Å². The number of fused-ring (bicyclic) bond motifs is 5. The van der Waals surface area contributed by atoms with Gasteiger partial charge in [-0.25, -0.2) is 4.79 Å². The number of esters is 1. The van der Waals surface area contributed by atoms with Crippen molar-refractivity contribution in [1.82, 2.24) is 0 Å². The van der Waals surface area contributed by atoms with Crippen molar-refractivity contribution in [3.05, 3.63) is 22.8 Å². The number of carboxylic acid groups (broad SMARTS) is 1. The lowest BCUT2D eigenvalue weighted by Gasteiger charge is -2.67. The van der Waals surface area contributed by atoms with Crippen molar-refractivity contribution < 1.29 is 34.1 Å². The summed E-state index contributed by atoms with van der Waals surface area (Å²) in [6, 6.07) is 0. The van der Waals surface area contributed by atoms with Crippen molar-refractivity contribution in [3.63, 3.8) is 0 Å². The van der Waals surface area contributed by atoms with Crippen LogP contribution in [0.5, 0.6) is 0 Å². The third-order valence-corrected chi connectivity index (χ3v) is 11.2. The summed E-state index contributed by atoms with van der Waals surface area (Å²) in [5, 5.41) is 21.8. The Bertz CT molecular complexity index is 1110. The number of aliphatic hydroxyl groups excluding tert-OH is 1. The zero-order valence-electron chi connectivity index (χ0n) is 23.9. The summed E-state index contributed by atoms with van der Waals surface area (Å²) < 4.78 is 5.80. The number of hydrogen-bond donors (Lipinski definition) is 2. The molecule has 38 heavy (non-hydrogen) atoms. The highest BCUT2D eigenvalue weighted by atomic mass is 16.5. The predicted molar refractivity (Wildman–Crippen MR) is 142 cm³/mol. The first-order valence-electron chi connectivity index (χ1n) is 14.1. The van der Waals surface area contributed by atoms with Crippen molar-refractivity contribution in [1.29, 1.82) is 0 Å². The number of allylic oxidation sites excluding steroid dienone is 2. The molecule has 4 rings (SSSR count). The lowest BCUT2D eigenvalue weighted by Crippen LogP contribution is -2.69. The fourth-order valence-corrected chi connectivity index (χ4v) is 9.37. The molecule has 0 aromatic carbocycles. The number of Topliss-reactive ketones (excluding diaryl/α,β-unsaturated/α-hetero) is 2. The number of carbonyl (C=O) groups excluding carboxylic acids is 3. The van der Waals surface area contributed by atoms with Gasteiger partial charge in [-0.2, -0.15) is 0 Å². The number of ether oxygens (including phenoxy) is 1. The molecule has 0 aromatic heterocycles. The molecule has 4 aliphatic carbocycles. The third-order valence-electron chi connectivity index (χ3n) is 11.2. The Morgan fingerprint density at radius 2 is 1.76 bits per heavy atom. The molecular formula is C31H44O7. The third kappa shape index (κ3) is 4.02. The van der Waals surface area contributed by atoms with Gasteiger partial charge in [-0.15, -0.1) is 0 Å². The molecule has 3 unspecified atom stereocenters. The van der Waals surface area contributed by atoms with Crippen LogP contribution in [0, 0.1) is 39.9 Å². The van der Waals surface area contributed by atoms with E-state index in [1.54, 1.807) is 0 Å². The average Bonchev–Trinajstić information content (AvgIpc) is 3.09. The minimum atomic E-state index is -1.26. The van der Waals surface area contributed by atoms with E-state index >= 15 is 0 Å². The van der Waals surface area contributed by atoms with E-state index in [4.69, 9.17) is 4.74 Å². The Hall–Kier alpha value is -2.28. The summed E-state index contributed by atoms with van der Waals surface area (Å²) in [7, 11) is 0. The van der Waals surface area contributed by atoms with Crippen LogP contribution < -0.4 is 0 Å². The Balaban J connectivity index is 1.86. The van der Waals surface area contributed by atoms with E-state index in [9.17, 15) is 29.4 Å². The molecule has 0 aliphatic heterocycles. The number of aliphatic carboxylic acids is 1. The van der Waals surface area contributed by atoms with Gasteiger partial charge in [0.25, 0.3) is 0 Å². The molecule has 0 bridgehead atoms. The Labute approximate surface area is 226 Å². The molecule has 0 spiro atoms. The molecule has 4 aliphatic rings. The SMILES string of the molecule is CC(=O)O[C@H]1C[C@@]2(C)C(CCC3[C@@]4(C)CCC(=O)[C@@H](C)C4[C@H](O)C(=O)[C@@]32C)C1=C(CCC=C(C)C)C(=O)O. The number of rotatable bonds is 5. The maximum Gasteiger partial charge on any atom is 0.331 e. The molecule has 2 N–H and O–H groups in total. The molecule has 7 heteroatoms. The van der Waals surface area contributed by atoms with Crippen LogP contribution in [0.25, 0.3) is 0 Å². The van der Waals surface area contributed by atoms with Gasteiger partial charge in [0.15, 0.2) is 5.78 Å². The molecule has 7 nitrogen and oxygen atoms in total. The van der Waals surface area contributed by atoms with Crippen molar-refractivity contribution in [2.24, 2.45) is 39.9 Å². The van der Waals surface area contributed by atoms with E-state index in [0.717, 1.165) is 5.57 Å². The fourth-order valence-electron chi connectivity index (χ4n) is 9.37. The van der Waals surface area contributed by atoms with E-state index < -0.39 is 46.3 Å². The van der Waals surface area contributed by atoms with E-state index in [1.165, 1.54) is 6.92 Å². The zero-order valence-corrected chi connectivity index (χ0v) is 23.9. The highest BCUT2D eigenvalue weighted by molar-refractivity contribution is 5.94. The van der Waals surface area contributed by atoms with Crippen LogP contribution in [0.2, 0.25) is 0 Å². The van der Waals surface area contributed by atoms with Crippen LogP contribution in [0.1, 0.15) is 93.4 Å². The van der Waals surface area contributed by atoms with Crippen LogP contribution >= 0.6 is 0 Å². The lowest BCUT2D eigenvalue weighted by atomic mass is 9.36. The molecule has 4 saturated carbocycles. The summed E-state index contributed by atoms with van der Waals surface area (Å²) in [5.41, 5.74) is -0.0476. The van der Waals surface area contributed by atoms with Crippen molar-refractivity contribution >= 4 is 23.5 Å². The minimum absolute atomic E-state index is 0.0658. The summed E-state index contributed by atoms with van der Waals surface area (Å²) >= 11 is 0. The van der Waals surface area contributed by atoms with Crippen molar-refractivity contribution in [2.75, 3.05) is 0 Å². The fraction of sp³-hybridized carbons (Fsp3) is 0.742. The highest BCUT2D eigenvalue weighted by Gasteiger charge is 2.73. The van der Waals surface area contributed by atoms with Gasteiger partial charge in [-0.05, 0) is 80.6 Å². The quantitative estimate of drug-likeness (QED) is 0.291. The van der Waals surface area contributed by atoms with Gasteiger partial charge in [-0.1, -0.05) is 39.3 Å². The molecule has 9 atom stereocenters. The first-order valence-corrected chi connectivity index (χ1v) is 14.1. The van der Waals surface area contributed by atoms with Crippen LogP contribution in [-0.2, 0) is 23.9 Å². The molecule has 210 valence electrons. The van der Waals surface area contributed by atoms with Gasteiger partial charge in [0, 0.05) is 36.2 Å². The van der Waals surface area contributed by atoms with E-state index in [0.29, 0.717) is 50.5 Å². The van der Waals surface area contributed by atoms with Crippen LogP contribution in [0.4, 0.5) is 0 Å². The van der Waals surface area contributed by atoms with E-state index in [1.807, 2.05) is 40.7 Å². The first kappa shape index (κ1) is 28.7. The molecule has 0 saturated heterocycles. The topological polar surface area (TPSA) is 118 Å². The number of hydrogen-bond acceptors (Lipinski definition) is 6. The average molecular weight is 529 g/mol. The molecule has 0 amide bonds. The van der Waals surface area contributed by atoms with E-state index in [-0.39, 0.29) is 34.9 Å². The molecule has 4 fully saturated rings. The first-order chi connectivity index (χ1) is 17.6. The predicted octanol–water partition coefficient (Wildman–Crippen LogP) is 5.05. The molecule has 0 aromatic rings. The highest BCUT2D eigenvalue weighted by Crippen LogP contribution is 2.73. The summed E-state index contributed by atoms with van der Waals surface area (Å²) in [6.45, 7) is 13.2. The summed E-state index contributed by atoms with van der Waals surface area (Å²) in [6.07, 6.45) is 3.69. The molecule has 0 heterocycles. The van der Waals surface area contributed by atoms with Crippen LogP contribution in [-0.4, -0.2) is 45.9 Å². The standard InChI is InChI=1S/C31H44O7/c1-16(2)9-8-10-19(28(36)37)24-20-11-12-23-29(5)14-13-21(33)17(3)25(29)26(34)27(35)31(23,7)30(20,6)15-22(24)38-18(4)32/h9,17,20,22-23,25-26,34H,8,10-15H2,1-7H3,(H,36,37)/t17-,20?,22+,23?,25?,26+,29-,30+,31-/m1/s1. The smallest absolute Gasteiger partial charge is 0.331 e. The zero-order chi connectivity index (χ0) is 28.4. The molecule has 0 radical (unpaired) electrons. The van der Waals surface area contributed by atoms with Gasteiger partial charge in [0.1, 0.15) is 18.0 Å². The largest absolute Gasteiger partial charge is 0.478 e. The van der Waals surface area contributed by atoms with Crippen molar-refractivity contribution in [2.45, 2.75) is 106 Å². The number of aliphatic hydroxyl groups is 1.